The summed E-state index contributed by atoms with van der Waals surface area (Å²) >= 11 is 1.53. The second-order valence-corrected chi connectivity index (χ2v) is 7.60. The van der Waals surface area contributed by atoms with Crippen molar-refractivity contribution in [2.24, 2.45) is 5.92 Å². The Morgan fingerprint density at radius 3 is 2.96 bits per heavy atom. The Hall–Kier alpha value is -1.92. The number of ether oxygens (including phenoxy) is 1. The van der Waals surface area contributed by atoms with Crippen LogP contribution in [0.1, 0.15) is 29.6 Å². The lowest BCUT2D eigenvalue weighted by molar-refractivity contribution is -0.121. The first-order valence-electron chi connectivity index (χ1n) is 8.73. The lowest BCUT2D eigenvalue weighted by atomic mass is 9.95. The van der Waals surface area contributed by atoms with Gasteiger partial charge in [-0.05, 0) is 37.9 Å². The van der Waals surface area contributed by atoms with Crippen LogP contribution >= 0.6 is 11.3 Å². The number of amides is 1. The van der Waals surface area contributed by atoms with Crippen LogP contribution in [0.15, 0.2) is 29.6 Å². The highest BCUT2D eigenvalue weighted by Crippen LogP contribution is 2.17. The molecule has 2 heterocycles. The van der Waals surface area contributed by atoms with E-state index >= 15 is 0 Å². The van der Waals surface area contributed by atoms with Gasteiger partial charge >= 0.3 is 0 Å². The zero-order chi connectivity index (χ0) is 17.6. The number of nitrogens with zero attached hydrogens (tertiary/aromatic N) is 1. The summed E-state index contributed by atoms with van der Waals surface area (Å²) in [5, 5.41) is 9.28. The van der Waals surface area contributed by atoms with E-state index in [0.717, 1.165) is 36.0 Å². The van der Waals surface area contributed by atoms with Crippen LogP contribution in [0.3, 0.4) is 0 Å². The summed E-state index contributed by atoms with van der Waals surface area (Å²) in [6, 6.07) is 8.17. The van der Waals surface area contributed by atoms with Crippen molar-refractivity contribution in [3.05, 3.63) is 45.9 Å². The van der Waals surface area contributed by atoms with Gasteiger partial charge in [0.1, 0.15) is 17.4 Å². The molecule has 1 fully saturated rings. The van der Waals surface area contributed by atoms with E-state index in [1.807, 2.05) is 36.6 Å². The molecule has 2 unspecified atom stereocenters. The number of thiazole rings is 1. The molecular weight excluding hydrogens is 334 g/mol. The number of hydrogen-bond acceptors (Lipinski definition) is 5. The summed E-state index contributed by atoms with van der Waals surface area (Å²) in [6.07, 6.45) is 1.42. The van der Waals surface area contributed by atoms with Crippen molar-refractivity contribution in [2.45, 2.75) is 39.3 Å². The predicted molar refractivity (Wildman–Crippen MR) is 99.9 cm³/mol. The third-order valence-electron chi connectivity index (χ3n) is 4.50. The Morgan fingerprint density at radius 2 is 2.20 bits per heavy atom. The van der Waals surface area contributed by atoms with Gasteiger partial charge < -0.3 is 15.4 Å². The first-order valence-corrected chi connectivity index (χ1v) is 9.61. The SMILES string of the molecule is Cc1ccc(OCc2nc(CC(=O)NC3CNCCC3C)cs2)cc1. The highest BCUT2D eigenvalue weighted by molar-refractivity contribution is 7.09. The van der Waals surface area contributed by atoms with Crippen molar-refractivity contribution < 1.29 is 9.53 Å². The van der Waals surface area contributed by atoms with Crippen LogP contribution in [0, 0.1) is 12.8 Å². The molecule has 0 spiro atoms. The van der Waals surface area contributed by atoms with E-state index in [1.165, 1.54) is 16.9 Å². The van der Waals surface area contributed by atoms with Crippen LogP contribution < -0.4 is 15.4 Å². The van der Waals surface area contributed by atoms with E-state index in [-0.39, 0.29) is 11.9 Å². The fourth-order valence-electron chi connectivity index (χ4n) is 2.88. The standard InChI is InChI=1S/C19H25N3O2S/c1-13-3-5-16(6-4-13)24-11-19-21-15(12-25-19)9-18(23)22-17-10-20-8-7-14(17)2/h3-6,12,14,17,20H,7-11H2,1-2H3,(H,22,23). The van der Waals surface area contributed by atoms with Crippen molar-refractivity contribution in [1.29, 1.82) is 0 Å². The molecular formula is C19H25N3O2S. The topological polar surface area (TPSA) is 63.2 Å². The number of aryl methyl sites for hydroxylation is 1. The minimum atomic E-state index is 0.0388. The van der Waals surface area contributed by atoms with Crippen LogP contribution in [-0.2, 0) is 17.8 Å². The molecule has 2 N–H and O–H groups in total. The summed E-state index contributed by atoms with van der Waals surface area (Å²) in [6.45, 7) is 6.55. The largest absolute Gasteiger partial charge is 0.486 e. The molecule has 1 aromatic carbocycles. The predicted octanol–water partition coefficient (Wildman–Crippen LogP) is 2.69. The van der Waals surface area contributed by atoms with Gasteiger partial charge in [-0.25, -0.2) is 4.98 Å². The summed E-state index contributed by atoms with van der Waals surface area (Å²) in [5.41, 5.74) is 2.01. The number of hydrogen-bond donors (Lipinski definition) is 2. The lowest BCUT2D eigenvalue weighted by Crippen LogP contribution is -2.50. The average molecular weight is 359 g/mol. The van der Waals surface area contributed by atoms with Gasteiger partial charge in [0, 0.05) is 18.0 Å². The van der Waals surface area contributed by atoms with Gasteiger partial charge in [0.2, 0.25) is 5.91 Å². The maximum absolute atomic E-state index is 12.2. The minimum absolute atomic E-state index is 0.0388. The van der Waals surface area contributed by atoms with Gasteiger partial charge in [-0.1, -0.05) is 24.6 Å². The zero-order valence-electron chi connectivity index (χ0n) is 14.7. The molecule has 3 rings (SSSR count). The first kappa shape index (κ1) is 17.9. The first-order chi connectivity index (χ1) is 12.1. The molecule has 1 aliphatic rings. The Morgan fingerprint density at radius 1 is 1.40 bits per heavy atom. The number of carbonyl (C=O) groups excluding carboxylic acids is 1. The van der Waals surface area contributed by atoms with Crippen molar-refractivity contribution in [3.8, 4) is 5.75 Å². The third kappa shape index (κ3) is 5.28. The third-order valence-corrected chi connectivity index (χ3v) is 5.37. The van der Waals surface area contributed by atoms with E-state index in [2.05, 4.69) is 22.5 Å². The smallest absolute Gasteiger partial charge is 0.226 e. The molecule has 0 radical (unpaired) electrons. The lowest BCUT2D eigenvalue weighted by Gasteiger charge is -2.30. The summed E-state index contributed by atoms with van der Waals surface area (Å²) in [5.74, 6) is 1.38. The molecule has 5 nitrogen and oxygen atoms in total. The van der Waals surface area contributed by atoms with Crippen LogP contribution in [0.2, 0.25) is 0 Å². The number of aromatic nitrogens is 1. The quantitative estimate of drug-likeness (QED) is 0.832. The van der Waals surface area contributed by atoms with Gasteiger partial charge in [0.05, 0.1) is 12.1 Å². The second-order valence-electron chi connectivity index (χ2n) is 6.66. The van der Waals surface area contributed by atoms with E-state index in [1.54, 1.807) is 0 Å². The highest BCUT2D eigenvalue weighted by atomic mass is 32.1. The van der Waals surface area contributed by atoms with Crippen molar-refractivity contribution in [2.75, 3.05) is 13.1 Å². The Kier molecular flexibility index (Phi) is 6.04. The maximum Gasteiger partial charge on any atom is 0.226 e. The molecule has 0 saturated carbocycles. The Balaban J connectivity index is 1.47. The molecule has 2 aromatic rings. The summed E-state index contributed by atoms with van der Waals surface area (Å²) < 4.78 is 5.74. The molecule has 1 aliphatic heterocycles. The average Bonchev–Trinajstić information content (AvgIpc) is 3.04. The fourth-order valence-corrected chi connectivity index (χ4v) is 3.59. The minimum Gasteiger partial charge on any atom is -0.486 e. The van der Waals surface area contributed by atoms with E-state index in [4.69, 9.17) is 4.74 Å². The molecule has 0 aliphatic carbocycles. The Bertz CT molecular complexity index is 699. The number of rotatable bonds is 6. The molecule has 25 heavy (non-hydrogen) atoms. The van der Waals surface area contributed by atoms with E-state index < -0.39 is 0 Å². The number of nitrogens with one attached hydrogen (secondary N) is 2. The number of benzene rings is 1. The molecule has 0 bridgehead atoms. The van der Waals surface area contributed by atoms with E-state index in [0.29, 0.717) is 18.9 Å². The van der Waals surface area contributed by atoms with Crippen LogP contribution in [0.4, 0.5) is 0 Å². The van der Waals surface area contributed by atoms with Crippen molar-refractivity contribution in [1.82, 2.24) is 15.6 Å². The number of carbonyl (C=O) groups is 1. The molecule has 6 heteroatoms. The van der Waals surface area contributed by atoms with Crippen molar-refractivity contribution in [3.63, 3.8) is 0 Å². The Labute approximate surface area is 152 Å². The number of piperidine rings is 1. The van der Waals surface area contributed by atoms with Crippen LogP contribution in [0.5, 0.6) is 5.75 Å². The molecule has 1 aromatic heterocycles. The van der Waals surface area contributed by atoms with Gasteiger partial charge in [-0.2, -0.15) is 0 Å². The molecule has 134 valence electrons. The van der Waals surface area contributed by atoms with Crippen LogP contribution in [0.25, 0.3) is 0 Å². The second kappa shape index (κ2) is 8.45. The molecule has 1 amide bonds. The maximum atomic E-state index is 12.2. The summed E-state index contributed by atoms with van der Waals surface area (Å²) in [7, 11) is 0. The van der Waals surface area contributed by atoms with Gasteiger partial charge in [-0.15, -0.1) is 11.3 Å². The van der Waals surface area contributed by atoms with Gasteiger partial charge in [0.25, 0.3) is 0 Å². The van der Waals surface area contributed by atoms with Crippen LogP contribution in [-0.4, -0.2) is 30.0 Å². The normalized spacial score (nSPS) is 20.2. The van der Waals surface area contributed by atoms with Crippen molar-refractivity contribution >= 4 is 17.2 Å². The van der Waals surface area contributed by atoms with Gasteiger partial charge in [0.15, 0.2) is 0 Å². The molecule has 1 saturated heterocycles. The molecule has 2 atom stereocenters. The highest BCUT2D eigenvalue weighted by Gasteiger charge is 2.22. The zero-order valence-corrected chi connectivity index (χ0v) is 15.6. The van der Waals surface area contributed by atoms with E-state index in [9.17, 15) is 4.79 Å². The fraction of sp³-hybridized carbons (Fsp3) is 0.474. The summed E-state index contributed by atoms with van der Waals surface area (Å²) in [4.78, 5) is 16.8. The monoisotopic (exact) mass is 359 g/mol. The van der Waals surface area contributed by atoms with Gasteiger partial charge in [-0.3, -0.25) is 4.79 Å².